The second-order valence-electron chi connectivity index (χ2n) is 4.27. The second-order valence-corrected chi connectivity index (χ2v) is 5.80. The number of sulfonamides is 1. The quantitative estimate of drug-likeness (QED) is 0.844. The Hall–Kier alpha value is -2.39. The van der Waals surface area contributed by atoms with Gasteiger partial charge in [-0.2, -0.15) is 5.10 Å². The van der Waals surface area contributed by atoms with Crippen LogP contribution in [0.1, 0.15) is 10.4 Å². The zero-order valence-electron chi connectivity index (χ0n) is 11.4. The first-order chi connectivity index (χ1) is 9.81. The molecule has 0 aliphatic rings. The minimum atomic E-state index is -3.89. The summed E-state index contributed by atoms with van der Waals surface area (Å²) < 4.78 is 29.2. The zero-order chi connectivity index (χ0) is 15.6. The smallest absolute Gasteiger partial charge is 0.258 e. The highest BCUT2D eigenvalue weighted by Crippen LogP contribution is 2.26. The monoisotopic (exact) mass is 310 g/mol. The second kappa shape index (κ2) is 5.54. The Morgan fingerprint density at radius 2 is 2.14 bits per heavy atom. The van der Waals surface area contributed by atoms with Crippen LogP contribution in [0.3, 0.4) is 0 Å². The van der Waals surface area contributed by atoms with E-state index >= 15 is 0 Å². The Morgan fingerprint density at radius 1 is 1.43 bits per heavy atom. The number of rotatable bonds is 4. The van der Waals surface area contributed by atoms with Crippen LogP contribution in [0.2, 0.25) is 0 Å². The van der Waals surface area contributed by atoms with Gasteiger partial charge in [-0.25, -0.2) is 13.6 Å². The molecule has 2 aromatic rings. The van der Waals surface area contributed by atoms with Crippen molar-refractivity contribution in [3.8, 4) is 5.75 Å². The average molecular weight is 310 g/mol. The van der Waals surface area contributed by atoms with E-state index in [1.807, 2.05) is 0 Å². The summed E-state index contributed by atoms with van der Waals surface area (Å²) in [5, 5.41) is 11.6. The molecule has 0 spiro atoms. The molecular formula is C12H14N4O4S. The number of hydrogen-bond donors (Lipinski definition) is 2. The van der Waals surface area contributed by atoms with Crippen LogP contribution in [-0.4, -0.2) is 31.2 Å². The Balaban J connectivity index is 2.28. The molecule has 112 valence electrons. The van der Waals surface area contributed by atoms with Gasteiger partial charge in [-0.15, -0.1) is 0 Å². The van der Waals surface area contributed by atoms with E-state index in [4.69, 9.17) is 9.88 Å². The van der Waals surface area contributed by atoms with E-state index in [0.29, 0.717) is 11.3 Å². The fourth-order valence-corrected chi connectivity index (χ4v) is 2.40. The van der Waals surface area contributed by atoms with E-state index in [0.717, 1.165) is 0 Å². The molecule has 0 aliphatic carbocycles. The van der Waals surface area contributed by atoms with Crippen LogP contribution < -0.4 is 15.2 Å². The van der Waals surface area contributed by atoms with Gasteiger partial charge in [0.15, 0.2) is 0 Å². The number of ether oxygens (including phenoxy) is 1. The number of nitrogens with zero attached hydrogens (tertiary/aromatic N) is 2. The lowest BCUT2D eigenvalue weighted by molar-refractivity contribution is 0.102. The van der Waals surface area contributed by atoms with Crippen LogP contribution in [-0.2, 0) is 17.1 Å². The van der Waals surface area contributed by atoms with Gasteiger partial charge in [0.25, 0.3) is 5.91 Å². The van der Waals surface area contributed by atoms with Crippen molar-refractivity contribution in [2.45, 2.75) is 4.90 Å². The topological polar surface area (TPSA) is 116 Å². The Morgan fingerprint density at radius 3 is 2.67 bits per heavy atom. The molecule has 0 unspecified atom stereocenters. The van der Waals surface area contributed by atoms with Crippen molar-refractivity contribution in [3.63, 3.8) is 0 Å². The van der Waals surface area contributed by atoms with E-state index in [9.17, 15) is 13.2 Å². The Bertz CT molecular complexity index is 782. The van der Waals surface area contributed by atoms with Crippen molar-refractivity contribution < 1.29 is 17.9 Å². The molecule has 0 aliphatic heterocycles. The number of carbonyl (C=O) groups is 1. The predicted octanol–water partition coefficient (Wildman–Crippen LogP) is 0.328. The third-order valence-corrected chi connectivity index (χ3v) is 3.65. The summed E-state index contributed by atoms with van der Waals surface area (Å²) in [6, 6.07) is 4.08. The Labute approximate surface area is 121 Å². The number of carbonyl (C=O) groups excluding carboxylic acids is 1. The summed E-state index contributed by atoms with van der Waals surface area (Å²) in [6.45, 7) is 0. The fourth-order valence-electron chi connectivity index (χ4n) is 1.72. The van der Waals surface area contributed by atoms with Gasteiger partial charge in [0, 0.05) is 25.0 Å². The lowest BCUT2D eigenvalue weighted by atomic mass is 10.2. The van der Waals surface area contributed by atoms with Gasteiger partial charge >= 0.3 is 0 Å². The highest BCUT2D eigenvalue weighted by Gasteiger charge is 2.16. The molecule has 21 heavy (non-hydrogen) atoms. The van der Waals surface area contributed by atoms with Gasteiger partial charge in [0.05, 0.1) is 18.9 Å². The van der Waals surface area contributed by atoms with E-state index in [1.54, 1.807) is 13.2 Å². The molecule has 1 aromatic heterocycles. The first-order valence-corrected chi connectivity index (χ1v) is 7.36. The highest BCUT2D eigenvalue weighted by atomic mass is 32.2. The van der Waals surface area contributed by atoms with Crippen molar-refractivity contribution in [1.29, 1.82) is 0 Å². The molecule has 1 aromatic carbocycles. The number of benzene rings is 1. The molecule has 1 amide bonds. The lowest BCUT2D eigenvalue weighted by Crippen LogP contribution is -2.15. The molecule has 0 bridgehead atoms. The number of nitrogens with one attached hydrogen (secondary N) is 1. The molecule has 2 rings (SSSR count). The maximum Gasteiger partial charge on any atom is 0.258 e. The first kappa shape index (κ1) is 15.0. The standard InChI is InChI=1S/C12H14N4O4S/c1-16-7-8(6-14-16)12(17)15-9-3-4-11(21(13,18)19)10(5-9)20-2/h3-7H,1-2H3,(H,15,17)(H2,13,18,19). The molecule has 0 radical (unpaired) electrons. The predicted molar refractivity (Wildman–Crippen MR) is 75.5 cm³/mol. The van der Waals surface area contributed by atoms with Crippen LogP contribution in [0.5, 0.6) is 5.75 Å². The number of aromatic nitrogens is 2. The van der Waals surface area contributed by atoms with Gasteiger partial charge in [-0.05, 0) is 12.1 Å². The van der Waals surface area contributed by atoms with Crippen LogP contribution in [0.15, 0.2) is 35.5 Å². The molecule has 1 heterocycles. The van der Waals surface area contributed by atoms with E-state index in [1.165, 1.54) is 36.2 Å². The lowest BCUT2D eigenvalue weighted by Gasteiger charge is -2.09. The number of hydrogen-bond acceptors (Lipinski definition) is 5. The number of nitrogens with two attached hydrogens (primary N) is 1. The molecular weight excluding hydrogens is 296 g/mol. The molecule has 9 heteroatoms. The molecule has 0 saturated heterocycles. The molecule has 0 atom stereocenters. The van der Waals surface area contributed by atoms with Crippen molar-refractivity contribution in [3.05, 3.63) is 36.2 Å². The van der Waals surface area contributed by atoms with Crippen molar-refractivity contribution in [2.24, 2.45) is 12.2 Å². The SMILES string of the molecule is COc1cc(NC(=O)c2cnn(C)c2)ccc1S(N)(=O)=O. The maximum absolute atomic E-state index is 12.0. The molecule has 0 fully saturated rings. The summed E-state index contributed by atoms with van der Waals surface area (Å²) in [6.07, 6.45) is 2.98. The molecule has 3 N–H and O–H groups in total. The minimum absolute atomic E-state index is 0.0569. The van der Waals surface area contributed by atoms with Gasteiger partial charge in [0.1, 0.15) is 10.6 Å². The summed E-state index contributed by atoms with van der Waals surface area (Å²) in [5.74, 6) is -0.310. The molecule has 0 saturated carbocycles. The van der Waals surface area contributed by atoms with E-state index in [2.05, 4.69) is 10.4 Å². The normalized spacial score (nSPS) is 11.2. The van der Waals surface area contributed by atoms with Gasteiger partial charge in [0.2, 0.25) is 10.0 Å². The van der Waals surface area contributed by atoms with Crippen LogP contribution >= 0.6 is 0 Å². The van der Waals surface area contributed by atoms with Crippen LogP contribution in [0, 0.1) is 0 Å². The summed E-state index contributed by atoms with van der Waals surface area (Å²) >= 11 is 0. The highest BCUT2D eigenvalue weighted by molar-refractivity contribution is 7.89. The van der Waals surface area contributed by atoms with Crippen LogP contribution in [0.25, 0.3) is 0 Å². The minimum Gasteiger partial charge on any atom is -0.495 e. The average Bonchev–Trinajstić information content (AvgIpc) is 2.84. The van der Waals surface area contributed by atoms with E-state index < -0.39 is 10.0 Å². The third-order valence-electron chi connectivity index (χ3n) is 2.70. The number of amides is 1. The Kier molecular flexibility index (Phi) is 3.96. The van der Waals surface area contributed by atoms with Gasteiger partial charge in [-0.1, -0.05) is 0 Å². The summed E-state index contributed by atoms with van der Waals surface area (Å²) in [5.41, 5.74) is 0.764. The van der Waals surface area contributed by atoms with Gasteiger partial charge in [-0.3, -0.25) is 9.48 Å². The first-order valence-electron chi connectivity index (χ1n) is 5.82. The zero-order valence-corrected chi connectivity index (χ0v) is 12.2. The third kappa shape index (κ3) is 3.38. The fraction of sp³-hybridized carbons (Fsp3) is 0.167. The maximum atomic E-state index is 12.0. The number of methoxy groups -OCH3 is 1. The van der Waals surface area contributed by atoms with E-state index in [-0.39, 0.29) is 16.6 Å². The van der Waals surface area contributed by atoms with Crippen molar-refractivity contribution >= 4 is 21.6 Å². The number of primary sulfonamides is 1. The van der Waals surface area contributed by atoms with Crippen LogP contribution in [0.4, 0.5) is 5.69 Å². The molecule has 8 nitrogen and oxygen atoms in total. The number of anilines is 1. The van der Waals surface area contributed by atoms with Crippen molar-refractivity contribution in [2.75, 3.05) is 12.4 Å². The van der Waals surface area contributed by atoms with Crippen molar-refractivity contribution in [1.82, 2.24) is 9.78 Å². The van der Waals surface area contributed by atoms with Gasteiger partial charge < -0.3 is 10.1 Å². The summed E-state index contributed by atoms with van der Waals surface area (Å²) in [4.78, 5) is 11.8. The number of aryl methyl sites for hydroxylation is 1. The largest absolute Gasteiger partial charge is 0.495 e. The summed E-state index contributed by atoms with van der Waals surface area (Å²) in [7, 11) is -0.879.